The Morgan fingerprint density at radius 1 is 1.38 bits per heavy atom. The molecule has 0 aromatic carbocycles. The molecule has 0 bridgehead atoms. The second-order valence-corrected chi connectivity index (χ2v) is 2.99. The lowest BCUT2D eigenvalue weighted by atomic mass is 10.4. The summed E-state index contributed by atoms with van der Waals surface area (Å²) in [6.07, 6.45) is 0. The standard InChI is InChI=1S/C8H12N2O3/c1-5-6(2)10(4-7(11)12)8(13)9(5)3/h4H2,1-3H3,(H,11,12). The first-order valence-corrected chi connectivity index (χ1v) is 3.89. The minimum absolute atomic E-state index is 0.271. The van der Waals surface area contributed by atoms with Crippen LogP contribution in [-0.4, -0.2) is 20.2 Å². The number of hydrogen-bond donors (Lipinski definition) is 1. The molecule has 0 aliphatic carbocycles. The van der Waals surface area contributed by atoms with Gasteiger partial charge in [0.1, 0.15) is 6.54 Å². The number of hydrogen-bond acceptors (Lipinski definition) is 2. The normalized spacial score (nSPS) is 10.4. The van der Waals surface area contributed by atoms with Crippen LogP contribution < -0.4 is 5.69 Å². The van der Waals surface area contributed by atoms with Crippen LogP contribution in [0.3, 0.4) is 0 Å². The van der Waals surface area contributed by atoms with Gasteiger partial charge in [0, 0.05) is 18.4 Å². The summed E-state index contributed by atoms with van der Waals surface area (Å²) < 4.78 is 2.69. The molecule has 0 fully saturated rings. The maximum Gasteiger partial charge on any atom is 0.328 e. The highest BCUT2D eigenvalue weighted by Gasteiger charge is 2.12. The van der Waals surface area contributed by atoms with E-state index in [1.807, 2.05) is 0 Å². The number of nitrogens with zero attached hydrogens (tertiary/aromatic N) is 2. The summed E-state index contributed by atoms with van der Waals surface area (Å²) in [6.45, 7) is 3.25. The molecule has 1 heterocycles. The zero-order chi connectivity index (χ0) is 10.2. The summed E-state index contributed by atoms with van der Waals surface area (Å²) in [5, 5.41) is 8.55. The SMILES string of the molecule is Cc1c(C)n(CC(=O)O)c(=O)n1C. The van der Waals surface area contributed by atoms with Crippen molar-refractivity contribution < 1.29 is 9.90 Å². The highest BCUT2D eigenvalue weighted by Crippen LogP contribution is 2.02. The fourth-order valence-corrected chi connectivity index (χ4v) is 1.23. The summed E-state index contributed by atoms with van der Waals surface area (Å²) in [7, 11) is 1.63. The van der Waals surface area contributed by atoms with Crippen LogP contribution in [0.5, 0.6) is 0 Å². The number of aliphatic carboxylic acids is 1. The summed E-state index contributed by atoms with van der Waals surface area (Å²) in [5.41, 5.74) is 1.22. The molecule has 0 radical (unpaired) electrons. The molecule has 0 saturated carbocycles. The highest BCUT2D eigenvalue weighted by atomic mass is 16.4. The van der Waals surface area contributed by atoms with Gasteiger partial charge in [0.2, 0.25) is 0 Å². The molecule has 0 saturated heterocycles. The average Bonchev–Trinajstić information content (AvgIpc) is 2.22. The number of carboxylic acid groups (broad SMARTS) is 1. The molecule has 5 heteroatoms. The molecule has 5 nitrogen and oxygen atoms in total. The Bertz CT molecular complexity index is 400. The number of imidazole rings is 1. The van der Waals surface area contributed by atoms with Crippen molar-refractivity contribution in [2.45, 2.75) is 20.4 Å². The van der Waals surface area contributed by atoms with Crippen LogP contribution in [0.15, 0.2) is 4.79 Å². The van der Waals surface area contributed by atoms with E-state index in [0.29, 0.717) is 5.69 Å². The minimum atomic E-state index is -1.00. The van der Waals surface area contributed by atoms with E-state index in [1.165, 1.54) is 9.13 Å². The Morgan fingerprint density at radius 2 is 1.92 bits per heavy atom. The number of carboxylic acids is 1. The summed E-state index contributed by atoms with van der Waals surface area (Å²) >= 11 is 0. The van der Waals surface area contributed by atoms with Crippen LogP contribution in [0.4, 0.5) is 0 Å². The van der Waals surface area contributed by atoms with Gasteiger partial charge in [0.15, 0.2) is 0 Å². The number of rotatable bonds is 2. The molecule has 1 aromatic rings. The largest absolute Gasteiger partial charge is 0.480 e. The van der Waals surface area contributed by atoms with Gasteiger partial charge in [-0.25, -0.2) is 4.79 Å². The molecule has 72 valence electrons. The highest BCUT2D eigenvalue weighted by molar-refractivity contribution is 5.66. The fourth-order valence-electron chi connectivity index (χ4n) is 1.23. The number of aromatic nitrogens is 2. The maximum absolute atomic E-state index is 11.4. The van der Waals surface area contributed by atoms with E-state index < -0.39 is 5.97 Å². The van der Waals surface area contributed by atoms with Crippen LogP contribution in [0, 0.1) is 13.8 Å². The third kappa shape index (κ3) is 1.49. The molecule has 0 aliphatic heterocycles. The Labute approximate surface area is 75.2 Å². The number of carbonyl (C=O) groups is 1. The Balaban J connectivity index is 3.29. The molecule has 0 unspecified atom stereocenters. The van der Waals surface area contributed by atoms with Crippen molar-refractivity contribution >= 4 is 5.97 Å². The van der Waals surface area contributed by atoms with Gasteiger partial charge in [-0.1, -0.05) is 0 Å². The summed E-state index contributed by atoms with van der Waals surface area (Å²) in [5.74, 6) is -1.00. The van der Waals surface area contributed by atoms with E-state index in [-0.39, 0.29) is 12.2 Å². The quantitative estimate of drug-likeness (QED) is 0.697. The maximum atomic E-state index is 11.4. The van der Waals surface area contributed by atoms with Crippen molar-refractivity contribution in [3.8, 4) is 0 Å². The smallest absolute Gasteiger partial charge is 0.328 e. The van der Waals surface area contributed by atoms with Crippen molar-refractivity contribution in [1.29, 1.82) is 0 Å². The molecule has 0 aliphatic rings. The van der Waals surface area contributed by atoms with E-state index >= 15 is 0 Å². The van der Waals surface area contributed by atoms with Gasteiger partial charge in [-0.3, -0.25) is 13.9 Å². The fraction of sp³-hybridized carbons (Fsp3) is 0.500. The average molecular weight is 184 g/mol. The summed E-state index contributed by atoms with van der Waals surface area (Å²) in [4.78, 5) is 21.8. The third-order valence-electron chi connectivity index (χ3n) is 2.24. The summed E-state index contributed by atoms with van der Waals surface area (Å²) in [6, 6.07) is 0. The van der Waals surface area contributed by atoms with Crippen molar-refractivity contribution in [3.63, 3.8) is 0 Å². The van der Waals surface area contributed by atoms with E-state index in [4.69, 9.17) is 5.11 Å². The van der Waals surface area contributed by atoms with Crippen LogP contribution in [0.25, 0.3) is 0 Å². The van der Waals surface area contributed by atoms with E-state index in [1.54, 1.807) is 20.9 Å². The molecule has 0 atom stereocenters. The molecule has 1 aromatic heterocycles. The zero-order valence-electron chi connectivity index (χ0n) is 7.87. The van der Waals surface area contributed by atoms with Gasteiger partial charge >= 0.3 is 11.7 Å². The van der Waals surface area contributed by atoms with Crippen LogP contribution in [0.1, 0.15) is 11.4 Å². The monoisotopic (exact) mass is 184 g/mol. The van der Waals surface area contributed by atoms with Gasteiger partial charge in [-0.05, 0) is 13.8 Å². The molecular formula is C8H12N2O3. The van der Waals surface area contributed by atoms with Gasteiger partial charge in [-0.15, -0.1) is 0 Å². The van der Waals surface area contributed by atoms with Crippen molar-refractivity contribution in [2.24, 2.45) is 7.05 Å². The lowest BCUT2D eigenvalue weighted by molar-refractivity contribution is -0.137. The Kier molecular flexibility index (Phi) is 2.27. The predicted molar refractivity (Wildman–Crippen MR) is 46.8 cm³/mol. The van der Waals surface area contributed by atoms with Crippen molar-refractivity contribution in [1.82, 2.24) is 9.13 Å². The van der Waals surface area contributed by atoms with Crippen molar-refractivity contribution in [3.05, 3.63) is 21.9 Å². The zero-order valence-corrected chi connectivity index (χ0v) is 7.87. The van der Waals surface area contributed by atoms with E-state index in [0.717, 1.165) is 5.69 Å². The van der Waals surface area contributed by atoms with Gasteiger partial charge < -0.3 is 5.11 Å². The molecule has 1 N–H and O–H groups in total. The minimum Gasteiger partial charge on any atom is -0.480 e. The lowest BCUT2D eigenvalue weighted by Gasteiger charge is -1.98. The van der Waals surface area contributed by atoms with Gasteiger partial charge in [0.25, 0.3) is 0 Å². The van der Waals surface area contributed by atoms with Crippen LogP contribution >= 0.6 is 0 Å². The first-order chi connectivity index (χ1) is 5.95. The Hall–Kier alpha value is -1.52. The Morgan fingerprint density at radius 3 is 2.23 bits per heavy atom. The molecule has 1 rings (SSSR count). The van der Waals surface area contributed by atoms with Crippen molar-refractivity contribution in [2.75, 3.05) is 0 Å². The molecule has 0 amide bonds. The van der Waals surface area contributed by atoms with Crippen LogP contribution in [-0.2, 0) is 18.4 Å². The topological polar surface area (TPSA) is 64.2 Å². The third-order valence-corrected chi connectivity index (χ3v) is 2.24. The second kappa shape index (κ2) is 3.08. The lowest BCUT2D eigenvalue weighted by Crippen LogP contribution is -2.26. The first kappa shape index (κ1) is 9.57. The second-order valence-electron chi connectivity index (χ2n) is 2.99. The van der Waals surface area contributed by atoms with E-state index in [9.17, 15) is 9.59 Å². The van der Waals surface area contributed by atoms with Crippen LogP contribution in [0.2, 0.25) is 0 Å². The molecular weight excluding hydrogens is 172 g/mol. The van der Waals surface area contributed by atoms with Gasteiger partial charge in [0.05, 0.1) is 0 Å². The molecule has 0 spiro atoms. The van der Waals surface area contributed by atoms with Gasteiger partial charge in [-0.2, -0.15) is 0 Å². The van der Waals surface area contributed by atoms with E-state index in [2.05, 4.69) is 0 Å². The molecule has 13 heavy (non-hydrogen) atoms. The first-order valence-electron chi connectivity index (χ1n) is 3.89. The predicted octanol–water partition coefficient (Wildman–Crippen LogP) is -0.112.